The summed E-state index contributed by atoms with van der Waals surface area (Å²) in [5, 5.41) is 0. The number of hydrogen-bond acceptors (Lipinski definition) is 4. The predicted octanol–water partition coefficient (Wildman–Crippen LogP) is 2.52. The van der Waals surface area contributed by atoms with Crippen LogP contribution in [0.4, 0.5) is 5.69 Å². The number of para-hydroxylation sites is 1. The Hall–Kier alpha value is -1.44. The van der Waals surface area contributed by atoms with Crippen molar-refractivity contribution in [2.45, 2.75) is 23.6 Å². The van der Waals surface area contributed by atoms with Gasteiger partial charge in [-0.25, -0.2) is 8.42 Å². The van der Waals surface area contributed by atoms with Crippen LogP contribution in [0.15, 0.2) is 40.6 Å². The van der Waals surface area contributed by atoms with Gasteiger partial charge in [0.15, 0.2) is 0 Å². The normalized spacial score (nSPS) is 17.8. The highest BCUT2D eigenvalue weighted by molar-refractivity contribution is 7.95. The minimum Gasteiger partial charge on any atom is -0.389 e. The molecule has 0 fully saturated rings. The van der Waals surface area contributed by atoms with Crippen molar-refractivity contribution in [2.75, 3.05) is 4.31 Å². The summed E-state index contributed by atoms with van der Waals surface area (Å²) in [5.41, 5.74) is 7.38. The Morgan fingerprint density at radius 3 is 2.71 bits per heavy atom. The van der Waals surface area contributed by atoms with E-state index >= 15 is 0 Å². The van der Waals surface area contributed by atoms with Crippen molar-refractivity contribution in [3.05, 3.63) is 46.8 Å². The SMILES string of the molecule is CC1Cc2ccccc2N1S(=O)(=O)c1ccc(C(N)=S)s1. The van der Waals surface area contributed by atoms with Crippen molar-refractivity contribution < 1.29 is 8.42 Å². The number of benzene rings is 1. The lowest BCUT2D eigenvalue weighted by molar-refractivity contribution is 0.586. The number of rotatable bonds is 3. The van der Waals surface area contributed by atoms with Crippen LogP contribution in [0.25, 0.3) is 0 Å². The van der Waals surface area contributed by atoms with Crippen molar-refractivity contribution in [3.8, 4) is 0 Å². The van der Waals surface area contributed by atoms with E-state index in [0.29, 0.717) is 4.88 Å². The number of thiocarbonyl (C=S) groups is 1. The second-order valence-corrected chi connectivity index (χ2v) is 8.53. The molecule has 0 aliphatic carbocycles. The summed E-state index contributed by atoms with van der Waals surface area (Å²) in [5.74, 6) is 0. The lowest BCUT2D eigenvalue weighted by Gasteiger charge is -2.23. The second kappa shape index (κ2) is 5.08. The van der Waals surface area contributed by atoms with E-state index in [1.807, 2.05) is 31.2 Å². The van der Waals surface area contributed by atoms with Crippen molar-refractivity contribution in [2.24, 2.45) is 5.73 Å². The van der Waals surface area contributed by atoms with Crippen LogP contribution in [-0.2, 0) is 16.4 Å². The van der Waals surface area contributed by atoms with Gasteiger partial charge in [-0.2, -0.15) is 0 Å². The zero-order chi connectivity index (χ0) is 15.2. The average Bonchev–Trinajstić information content (AvgIpc) is 3.02. The largest absolute Gasteiger partial charge is 0.389 e. The van der Waals surface area contributed by atoms with Crippen LogP contribution in [-0.4, -0.2) is 19.4 Å². The fourth-order valence-corrected chi connectivity index (χ4v) is 5.72. The molecule has 1 aliphatic rings. The van der Waals surface area contributed by atoms with Gasteiger partial charge in [-0.05, 0) is 37.1 Å². The third kappa shape index (κ3) is 2.35. The first kappa shape index (κ1) is 14.5. The molecular weight excluding hydrogens is 324 g/mol. The number of thiophene rings is 1. The molecule has 1 aromatic heterocycles. The van der Waals surface area contributed by atoms with Gasteiger partial charge in [-0.1, -0.05) is 30.4 Å². The molecule has 0 bridgehead atoms. The van der Waals surface area contributed by atoms with Crippen LogP contribution in [0.1, 0.15) is 17.4 Å². The molecule has 0 amide bonds. The first-order valence-electron chi connectivity index (χ1n) is 6.43. The van der Waals surface area contributed by atoms with E-state index < -0.39 is 10.0 Å². The van der Waals surface area contributed by atoms with Gasteiger partial charge in [-0.15, -0.1) is 11.3 Å². The van der Waals surface area contributed by atoms with Crippen molar-refractivity contribution in [3.63, 3.8) is 0 Å². The fraction of sp³-hybridized carbons (Fsp3) is 0.214. The number of sulfonamides is 1. The Labute approximate surface area is 133 Å². The lowest BCUT2D eigenvalue weighted by atomic mass is 10.1. The fourth-order valence-electron chi connectivity index (χ4n) is 2.59. The summed E-state index contributed by atoms with van der Waals surface area (Å²) in [7, 11) is -3.58. The molecule has 3 rings (SSSR count). The van der Waals surface area contributed by atoms with Crippen LogP contribution in [0.5, 0.6) is 0 Å². The molecule has 1 atom stereocenters. The molecule has 1 aliphatic heterocycles. The molecule has 7 heteroatoms. The number of nitrogens with zero attached hydrogens (tertiary/aromatic N) is 1. The quantitative estimate of drug-likeness (QED) is 0.874. The van der Waals surface area contributed by atoms with E-state index in [1.165, 1.54) is 4.31 Å². The van der Waals surface area contributed by atoms with Crippen LogP contribution in [0.2, 0.25) is 0 Å². The molecule has 1 aromatic carbocycles. The van der Waals surface area contributed by atoms with E-state index in [-0.39, 0.29) is 15.2 Å². The molecule has 4 nitrogen and oxygen atoms in total. The molecule has 0 saturated carbocycles. The summed E-state index contributed by atoms with van der Waals surface area (Å²) in [6, 6.07) is 10.7. The van der Waals surface area contributed by atoms with Gasteiger partial charge in [0.05, 0.1) is 10.6 Å². The maximum Gasteiger partial charge on any atom is 0.274 e. The minimum absolute atomic E-state index is 0.0946. The smallest absolute Gasteiger partial charge is 0.274 e. The van der Waals surface area contributed by atoms with Gasteiger partial charge in [0, 0.05) is 6.04 Å². The van der Waals surface area contributed by atoms with Gasteiger partial charge >= 0.3 is 0 Å². The molecule has 2 heterocycles. The highest BCUT2D eigenvalue weighted by Crippen LogP contribution is 2.37. The molecule has 1 unspecified atom stereocenters. The first-order valence-corrected chi connectivity index (χ1v) is 9.09. The maximum absolute atomic E-state index is 12.9. The summed E-state index contributed by atoms with van der Waals surface area (Å²) >= 11 is 6.01. The zero-order valence-electron chi connectivity index (χ0n) is 11.3. The number of anilines is 1. The highest BCUT2D eigenvalue weighted by atomic mass is 32.2. The third-order valence-corrected chi connectivity index (χ3v) is 7.35. The Bertz CT molecular complexity index is 811. The Balaban J connectivity index is 2.08. The minimum atomic E-state index is -3.58. The zero-order valence-corrected chi connectivity index (χ0v) is 13.8. The molecule has 0 radical (unpaired) electrons. The van der Waals surface area contributed by atoms with E-state index in [9.17, 15) is 8.42 Å². The van der Waals surface area contributed by atoms with Crippen molar-refractivity contribution >= 4 is 44.3 Å². The molecular formula is C14H14N2O2S3. The highest BCUT2D eigenvalue weighted by Gasteiger charge is 2.36. The Morgan fingerprint density at radius 2 is 2.05 bits per heavy atom. The summed E-state index contributed by atoms with van der Waals surface area (Å²) in [4.78, 5) is 0.833. The summed E-state index contributed by atoms with van der Waals surface area (Å²) in [6.45, 7) is 1.92. The summed E-state index contributed by atoms with van der Waals surface area (Å²) < 4.78 is 27.6. The van der Waals surface area contributed by atoms with Crippen molar-refractivity contribution in [1.82, 2.24) is 0 Å². The van der Waals surface area contributed by atoms with E-state index in [2.05, 4.69) is 0 Å². The van der Waals surface area contributed by atoms with Gasteiger partial charge in [0.25, 0.3) is 10.0 Å². The molecule has 0 saturated heterocycles. The van der Waals surface area contributed by atoms with Crippen LogP contribution < -0.4 is 10.0 Å². The van der Waals surface area contributed by atoms with Crippen molar-refractivity contribution in [1.29, 1.82) is 0 Å². The molecule has 0 spiro atoms. The number of fused-ring (bicyclic) bond motifs is 1. The lowest BCUT2D eigenvalue weighted by Crippen LogP contribution is -2.35. The molecule has 2 aromatic rings. The van der Waals surface area contributed by atoms with Crippen LogP contribution in [0.3, 0.4) is 0 Å². The maximum atomic E-state index is 12.9. The van der Waals surface area contributed by atoms with Crippen LogP contribution in [0, 0.1) is 0 Å². The van der Waals surface area contributed by atoms with Gasteiger partial charge in [0.2, 0.25) is 0 Å². The Morgan fingerprint density at radius 1 is 1.33 bits per heavy atom. The van der Waals surface area contributed by atoms with E-state index in [0.717, 1.165) is 29.0 Å². The number of nitrogens with two attached hydrogens (primary N) is 1. The predicted molar refractivity (Wildman–Crippen MR) is 89.5 cm³/mol. The average molecular weight is 338 g/mol. The molecule has 110 valence electrons. The standard InChI is InChI=1S/C14H14N2O2S3/c1-9-8-10-4-2-3-5-11(10)16(9)21(17,18)13-7-6-12(20-13)14(15)19/h2-7,9H,8H2,1H3,(H2,15,19). The Kier molecular flexibility index (Phi) is 3.51. The first-order chi connectivity index (χ1) is 9.91. The molecule has 2 N–H and O–H groups in total. The number of hydrogen-bond donors (Lipinski definition) is 1. The van der Waals surface area contributed by atoms with Gasteiger partial charge in [-0.3, -0.25) is 4.31 Å². The van der Waals surface area contributed by atoms with Gasteiger partial charge in [0.1, 0.15) is 9.20 Å². The third-order valence-electron chi connectivity index (χ3n) is 3.48. The topological polar surface area (TPSA) is 63.4 Å². The van der Waals surface area contributed by atoms with Crippen LogP contribution >= 0.6 is 23.6 Å². The van der Waals surface area contributed by atoms with E-state index in [4.69, 9.17) is 18.0 Å². The van der Waals surface area contributed by atoms with Gasteiger partial charge < -0.3 is 5.73 Å². The monoisotopic (exact) mass is 338 g/mol. The second-order valence-electron chi connectivity index (χ2n) is 4.97. The summed E-state index contributed by atoms with van der Waals surface area (Å²) in [6.07, 6.45) is 0.725. The molecule has 21 heavy (non-hydrogen) atoms. The van der Waals surface area contributed by atoms with E-state index in [1.54, 1.807) is 12.1 Å².